The van der Waals surface area contributed by atoms with Crippen LogP contribution in [0.3, 0.4) is 0 Å². The first-order chi connectivity index (χ1) is 9.67. The average Bonchev–Trinajstić information content (AvgIpc) is 2.34. The quantitative estimate of drug-likeness (QED) is 0.755. The molecule has 0 aromatic heterocycles. The first kappa shape index (κ1) is 17.5. The fraction of sp³-hybridized carbons (Fsp3) is 0.385. The van der Waals surface area contributed by atoms with Crippen LogP contribution >= 0.6 is 0 Å². The van der Waals surface area contributed by atoms with Gasteiger partial charge in [-0.2, -0.15) is 0 Å². The molecule has 0 aliphatic rings. The van der Waals surface area contributed by atoms with Crippen LogP contribution < -0.4 is 10.5 Å². The van der Waals surface area contributed by atoms with Gasteiger partial charge in [-0.15, -0.1) is 0 Å². The van der Waals surface area contributed by atoms with Crippen LogP contribution in [0.5, 0.6) is 0 Å². The topological polar surface area (TPSA) is 106 Å². The predicted molar refractivity (Wildman–Crippen MR) is 84.0 cm³/mol. The van der Waals surface area contributed by atoms with E-state index < -0.39 is 24.9 Å². The maximum absolute atomic E-state index is 11.8. The van der Waals surface area contributed by atoms with Crippen LogP contribution in [0.2, 0.25) is 0 Å². The van der Waals surface area contributed by atoms with Gasteiger partial charge in [-0.3, -0.25) is 4.72 Å². The minimum atomic E-state index is -3.95. The third kappa shape index (κ3) is 6.16. The van der Waals surface area contributed by atoms with Crippen molar-refractivity contribution < 1.29 is 16.8 Å². The van der Waals surface area contributed by atoms with Crippen molar-refractivity contribution in [3.63, 3.8) is 0 Å². The van der Waals surface area contributed by atoms with Crippen molar-refractivity contribution >= 4 is 25.5 Å². The molecular formula is C13H18N2O4S2. The molecule has 1 aromatic rings. The van der Waals surface area contributed by atoms with Crippen molar-refractivity contribution in [2.45, 2.75) is 13.3 Å². The molecular weight excluding hydrogens is 312 g/mol. The molecule has 0 bridgehead atoms. The molecule has 0 fully saturated rings. The van der Waals surface area contributed by atoms with Crippen LogP contribution in [0.25, 0.3) is 0 Å². The lowest BCUT2D eigenvalue weighted by atomic mass is 10.1. The number of nitrogens with two attached hydrogens (primary N) is 1. The summed E-state index contributed by atoms with van der Waals surface area (Å²) in [5.74, 6) is 5.57. The fourth-order valence-electron chi connectivity index (χ4n) is 1.70. The zero-order chi connectivity index (χ0) is 16.1. The van der Waals surface area contributed by atoms with Crippen molar-refractivity contribution in [2.24, 2.45) is 5.73 Å². The van der Waals surface area contributed by atoms with Crippen LogP contribution in [0.1, 0.15) is 18.1 Å². The second-order valence-corrected chi connectivity index (χ2v) is 8.72. The molecule has 3 N–H and O–H groups in total. The van der Waals surface area contributed by atoms with Gasteiger partial charge in [0.05, 0.1) is 12.2 Å². The molecule has 0 heterocycles. The summed E-state index contributed by atoms with van der Waals surface area (Å²) in [4.78, 5) is 0. The molecule has 0 amide bonds. The normalized spacial score (nSPS) is 11.6. The Balaban J connectivity index is 3.09. The summed E-state index contributed by atoms with van der Waals surface area (Å²) in [5.41, 5.74) is 7.11. The van der Waals surface area contributed by atoms with Gasteiger partial charge in [-0.1, -0.05) is 18.8 Å². The zero-order valence-electron chi connectivity index (χ0n) is 11.9. The van der Waals surface area contributed by atoms with Gasteiger partial charge < -0.3 is 5.73 Å². The molecule has 0 atom stereocenters. The van der Waals surface area contributed by atoms with Gasteiger partial charge in [-0.05, 0) is 30.2 Å². The maximum Gasteiger partial charge on any atom is 0.247 e. The first-order valence-corrected chi connectivity index (χ1v) is 9.88. The van der Waals surface area contributed by atoms with E-state index in [9.17, 15) is 16.8 Å². The molecule has 6 nitrogen and oxygen atoms in total. The van der Waals surface area contributed by atoms with Crippen LogP contribution in [-0.4, -0.2) is 34.7 Å². The number of benzene rings is 1. The number of rotatable bonds is 5. The lowest BCUT2D eigenvalue weighted by Crippen LogP contribution is -2.22. The Bertz CT molecular complexity index is 772. The Morgan fingerprint density at radius 2 is 1.90 bits per heavy atom. The molecule has 1 aromatic carbocycles. The van der Waals surface area contributed by atoms with E-state index in [0.717, 1.165) is 17.4 Å². The van der Waals surface area contributed by atoms with E-state index in [4.69, 9.17) is 5.73 Å². The monoisotopic (exact) mass is 330 g/mol. The van der Waals surface area contributed by atoms with E-state index in [1.165, 1.54) is 0 Å². The Kier molecular flexibility index (Phi) is 5.78. The molecule has 0 aliphatic heterocycles. The van der Waals surface area contributed by atoms with Crippen molar-refractivity contribution in [3.8, 4) is 11.8 Å². The van der Waals surface area contributed by atoms with E-state index in [1.54, 1.807) is 18.2 Å². The van der Waals surface area contributed by atoms with E-state index >= 15 is 0 Å². The minimum absolute atomic E-state index is 0.240. The fourth-order valence-corrected chi connectivity index (χ4v) is 4.72. The third-order valence-electron chi connectivity index (χ3n) is 2.46. The smallest absolute Gasteiger partial charge is 0.247 e. The van der Waals surface area contributed by atoms with Crippen LogP contribution in [0, 0.1) is 11.8 Å². The molecule has 8 heteroatoms. The number of sulfonamides is 1. The Morgan fingerprint density at radius 3 is 2.43 bits per heavy atom. The van der Waals surface area contributed by atoms with E-state index in [1.807, 2.05) is 6.92 Å². The third-order valence-corrected chi connectivity index (χ3v) is 5.94. The lowest BCUT2D eigenvalue weighted by molar-refractivity contribution is 0.595. The number of hydrogen-bond donors (Lipinski definition) is 2. The van der Waals surface area contributed by atoms with Crippen LogP contribution in [-0.2, 0) is 26.3 Å². The zero-order valence-corrected chi connectivity index (χ0v) is 13.5. The molecule has 116 valence electrons. The molecule has 0 saturated carbocycles. The SMILES string of the molecule is CCc1cc(C#CCN)ccc1NS(=O)(=O)CS(C)(=O)=O. The lowest BCUT2D eigenvalue weighted by Gasteiger charge is -2.11. The van der Waals surface area contributed by atoms with Gasteiger partial charge in [0.25, 0.3) is 0 Å². The van der Waals surface area contributed by atoms with Crippen molar-refractivity contribution in [1.29, 1.82) is 0 Å². The molecule has 21 heavy (non-hydrogen) atoms. The Morgan fingerprint density at radius 1 is 1.24 bits per heavy atom. The molecule has 1 rings (SSSR count). The Labute approximate surface area is 125 Å². The Hall–Kier alpha value is -1.56. The highest BCUT2D eigenvalue weighted by molar-refractivity contribution is 8.08. The molecule has 0 unspecified atom stereocenters. The number of aryl methyl sites for hydroxylation is 1. The van der Waals surface area contributed by atoms with E-state index in [-0.39, 0.29) is 6.54 Å². The number of nitrogens with one attached hydrogen (secondary N) is 1. The van der Waals surface area contributed by atoms with Gasteiger partial charge in [-0.25, -0.2) is 16.8 Å². The second-order valence-electron chi connectivity index (χ2n) is 4.49. The standard InChI is InChI=1S/C13H18N2O4S2/c1-3-12-9-11(5-4-8-14)6-7-13(12)15-21(18,19)10-20(2,16)17/h6-7,9,15H,3,8,10,14H2,1-2H3. The maximum atomic E-state index is 11.8. The predicted octanol–water partition coefficient (Wildman–Crippen LogP) is 0.303. The molecule has 0 radical (unpaired) electrons. The highest BCUT2D eigenvalue weighted by Gasteiger charge is 2.19. The first-order valence-electron chi connectivity index (χ1n) is 6.17. The summed E-state index contributed by atoms with van der Waals surface area (Å²) in [6.45, 7) is 2.11. The largest absolute Gasteiger partial charge is 0.320 e. The van der Waals surface area contributed by atoms with Crippen molar-refractivity contribution in [1.82, 2.24) is 0 Å². The van der Waals surface area contributed by atoms with E-state index in [0.29, 0.717) is 12.1 Å². The van der Waals surface area contributed by atoms with E-state index in [2.05, 4.69) is 16.6 Å². The minimum Gasteiger partial charge on any atom is -0.320 e. The molecule has 0 spiro atoms. The molecule has 0 saturated heterocycles. The summed E-state index contributed by atoms with van der Waals surface area (Å²) in [6.07, 6.45) is 1.45. The molecule has 0 aliphatic carbocycles. The van der Waals surface area contributed by atoms with Crippen LogP contribution in [0.15, 0.2) is 18.2 Å². The highest BCUT2D eigenvalue weighted by atomic mass is 32.3. The summed E-state index contributed by atoms with van der Waals surface area (Å²) in [6, 6.07) is 4.97. The van der Waals surface area contributed by atoms with Gasteiger partial charge in [0.2, 0.25) is 10.0 Å². The summed E-state index contributed by atoms with van der Waals surface area (Å²) < 4.78 is 48.1. The van der Waals surface area contributed by atoms with Gasteiger partial charge in [0.1, 0.15) is 0 Å². The summed E-state index contributed by atoms with van der Waals surface area (Å²) in [7, 11) is -7.58. The number of hydrogen-bond acceptors (Lipinski definition) is 5. The number of sulfone groups is 1. The van der Waals surface area contributed by atoms with Gasteiger partial charge in [0.15, 0.2) is 14.9 Å². The van der Waals surface area contributed by atoms with Crippen molar-refractivity contribution in [3.05, 3.63) is 29.3 Å². The summed E-state index contributed by atoms with van der Waals surface area (Å²) >= 11 is 0. The average molecular weight is 330 g/mol. The van der Waals surface area contributed by atoms with Gasteiger partial charge in [0, 0.05) is 11.8 Å². The summed E-state index contributed by atoms with van der Waals surface area (Å²) in [5, 5.41) is -0.947. The van der Waals surface area contributed by atoms with Crippen LogP contribution in [0.4, 0.5) is 5.69 Å². The number of anilines is 1. The van der Waals surface area contributed by atoms with Crippen molar-refractivity contribution in [2.75, 3.05) is 22.6 Å². The van der Waals surface area contributed by atoms with Gasteiger partial charge >= 0.3 is 0 Å². The highest BCUT2D eigenvalue weighted by Crippen LogP contribution is 2.19. The second kappa shape index (κ2) is 6.93.